The minimum absolute atomic E-state index is 0.281. The smallest absolute Gasteiger partial charge is 0.258 e. The average Bonchev–Trinajstić information content (AvgIpc) is 2.37. The van der Waals surface area contributed by atoms with E-state index in [1.807, 2.05) is 0 Å². The molecule has 0 aliphatic rings. The van der Waals surface area contributed by atoms with Crippen LogP contribution in [0.4, 0.5) is 0 Å². The van der Waals surface area contributed by atoms with Gasteiger partial charge in [-0.15, -0.1) is 0 Å². The van der Waals surface area contributed by atoms with E-state index in [9.17, 15) is 9.59 Å². The number of hydrogen-bond donors (Lipinski definition) is 1. The quantitative estimate of drug-likeness (QED) is 0.592. The summed E-state index contributed by atoms with van der Waals surface area (Å²) in [7, 11) is 2.97. The number of aldehydes is 1. The number of methoxy groups -OCH3 is 2. The zero-order chi connectivity index (χ0) is 12.7. The normalized spacial score (nSPS) is 9.53. The van der Waals surface area contributed by atoms with Crippen molar-refractivity contribution in [3.63, 3.8) is 0 Å². The van der Waals surface area contributed by atoms with E-state index in [2.05, 4.69) is 5.32 Å². The number of carbonyl (C=O) groups is 2. The van der Waals surface area contributed by atoms with Crippen molar-refractivity contribution in [2.24, 2.45) is 0 Å². The first-order valence-electron chi connectivity index (χ1n) is 5.17. The number of ether oxygens (including phenoxy) is 2. The fraction of sp³-hybridized carbons (Fsp3) is 0.333. The largest absolute Gasteiger partial charge is 0.496 e. The van der Waals surface area contributed by atoms with Gasteiger partial charge in [-0.1, -0.05) is 6.07 Å². The first kappa shape index (κ1) is 13.0. The first-order chi connectivity index (χ1) is 8.24. The van der Waals surface area contributed by atoms with Gasteiger partial charge in [-0.2, -0.15) is 0 Å². The van der Waals surface area contributed by atoms with Gasteiger partial charge in [0.25, 0.3) is 5.91 Å². The maximum atomic E-state index is 11.9. The molecule has 0 aromatic heterocycles. The molecule has 0 radical (unpaired) electrons. The third-order valence-electron chi connectivity index (χ3n) is 2.20. The van der Waals surface area contributed by atoms with Gasteiger partial charge in [-0.05, 0) is 12.1 Å². The minimum atomic E-state index is -0.318. The van der Waals surface area contributed by atoms with Crippen LogP contribution >= 0.6 is 0 Å². The van der Waals surface area contributed by atoms with Crippen LogP contribution in [0.3, 0.4) is 0 Å². The van der Waals surface area contributed by atoms with Gasteiger partial charge in [0.05, 0.1) is 14.2 Å². The molecule has 1 rings (SSSR count). The summed E-state index contributed by atoms with van der Waals surface area (Å²) in [5.74, 6) is 0.557. The molecular weight excluding hydrogens is 222 g/mol. The number of carbonyl (C=O) groups excluding carboxylic acids is 2. The highest BCUT2D eigenvalue weighted by atomic mass is 16.5. The lowest BCUT2D eigenvalue weighted by Gasteiger charge is -2.12. The third kappa shape index (κ3) is 3.21. The molecule has 0 bridgehead atoms. The van der Waals surface area contributed by atoms with Crippen LogP contribution in [0.15, 0.2) is 18.2 Å². The summed E-state index contributed by atoms with van der Waals surface area (Å²) in [6, 6.07) is 5.09. The molecule has 1 N–H and O–H groups in total. The Labute approximate surface area is 99.7 Å². The molecule has 92 valence electrons. The van der Waals surface area contributed by atoms with Crippen molar-refractivity contribution in [2.45, 2.75) is 6.42 Å². The predicted octanol–water partition coefficient (Wildman–Crippen LogP) is 1.02. The summed E-state index contributed by atoms with van der Waals surface area (Å²) in [6.45, 7) is 0.295. The summed E-state index contributed by atoms with van der Waals surface area (Å²) in [4.78, 5) is 22.1. The highest BCUT2D eigenvalue weighted by Gasteiger charge is 2.17. The van der Waals surface area contributed by atoms with Gasteiger partial charge < -0.3 is 19.6 Å². The maximum absolute atomic E-state index is 11.9. The lowest BCUT2D eigenvalue weighted by atomic mass is 10.1. The summed E-state index contributed by atoms with van der Waals surface area (Å²) < 4.78 is 10.2. The van der Waals surface area contributed by atoms with E-state index in [0.717, 1.165) is 6.29 Å². The summed E-state index contributed by atoms with van der Waals surface area (Å²) in [6.07, 6.45) is 1.03. The fourth-order valence-electron chi connectivity index (χ4n) is 1.41. The zero-order valence-corrected chi connectivity index (χ0v) is 9.86. The Morgan fingerprint density at radius 2 is 1.88 bits per heavy atom. The molecule has 0 aliphatic carbocycles. The van der Waals surface area contributed by atoms with Crippen molar-refractivity contribution in [3.8, 4) is 11.5 Å². The van der Waals surface area contributed by atoms with E-state index in [-0.39, 0.29) is 12.3 Å². The second-order valence-electron chi connectivity index (χ2n) is 3.25. The van der Waals surface area contributed by atoms with Gasteiger partial charge in [-0.3, -0.25) is 4.79 Å². The van der Waals surface area contributed by atoms with Gasteiger partial charge in [0.15, 0.2) is 0 Å². The standard InChI is InChI=1S/C12H15NO4/c1-16-9-5-3-6-10(17-2)11(9)12(15)13-7-4-8-14/h3,5-6,8H,4,7H2,1-2H3,(H,13,15). The molecule has 5 nitrogen and oxygen atoms in total. The van der Waals surface area contributed by atoms with Gasteiger partial charge in [0, 0.05) is 13.0 Å². The summed E-state index contributed by atoms with van der Waals surface area (Å²) >= 11 is 0. The molecule has 0 unspecified atom stereocenters. The van der Waals surface area contributed by atoms with Crippen LogP contribution in [0.2, 0.25) is 0 Å². The molecule has 1 amide bonds. The molecular formula is C12H15NO4. The highest BCUT2D eigenvalue weighted by molar-refractivity contribution is 5.99. The van der Waals surface area contributed by atoms with E-state index in [0.29, 0.717) is 23.6 Å². The third-order valence-corrected chi connectivity index (χ3v) is 2.20. The number of benzene rings is 1. The highest BCUT2D eigenvalue weighted by Crippen LogP contribution is 2.27. The van der Waals surface area contributed by atoms with Gasteiger partial charge >= 0.3 is 0 Å². The molecule has 0 fully saturated rings. The second-order valence-corrected chi connectivity index (χ2v) is 3.25. The molecule has 1 aromatic carbocycles. The van der Waals surface area contributed by atoms with E-state index < -0.39 is 0 Å². The van der Waals surface area contributed by atoms with Gasteiger partial charge in [-0.25, -0.2) is 0 Å². The van der Waals surface area contributed by atoms with Gasteiger partial charge in [0.1, 0.15) is 23.3 Å². The van der Waals surface area contributed by atoms with E-state index in [4.69, 9.17) is 9.47 Å². The first-order valence-corrected chi connectivity index (χ1v) is 5.17. The van der Waals surface area contributed by atoms with Gasteiger partial charge in [0.2, 0.25) is 0 Å². The zero-order valence-electron chi connectivity index (χ0n) is 9.86. The predicted molar refractivity (Wildman–Crippen MR) is 62.6 cm³/mol. The van der Waals surface area contributed by atoms with Crippen LogP contribution in [-0.4, -0.2) is 33.0 Å². The van der Waals surface area contributed by atoms with Crippen LogP contribution in [0.1, 0.15) is 16.8 Å². The van der Waals surface area contributed by atoms with Crippen molar-refractivity contribution in [2.75, 3.05) is 20.8 Å². The number of amides is 1. The molecule has 0 aliphatic heterocycles. The Hall–Kier alpha value is -2.04. The Bertz CT molecular complexity index is 381. The topological polar surface area (TPSA) is 64.6 Å². The van der Waals surface area contributed by atoms with Crippen molar-refractivity contribution in [1.82, 2.24) is 5.32 Å². The van der Waals surface area contributed by atoms with Crippen LogP contribution in [-0.2, 0) is 4.79 Å². The second kappa shape index (κ2) is 6.52. The molecule has 0 atom stereocenters. The summed E-state index contributed by atoms with van der Waals surface area (Å²) in [5.41, 5.74) is 0.336. The minimum Gasteiger partial charge on any atom is -0.496 e. The molecule has 0 heterocycles. The molecule has 1 aromatic rings. The van der Waals surface area contributed by atoms with Crippen molar-refractivity contribution >= 4 is 12.2 Å². The molecule has 5 heteroatoms. The van der Waals surface area contributed by atoms with E-state index >= 15 is 0 Å². The molecule has 0 saturated heterocycles. The monoisotopic (exact) mass is 237 g/mol. The number of hydrogen-bond acceptors (Lipinski definition) is 4. The Morgan fingerprint density at radius 1 is 1.29 bits per heavy atom. The van der Waals surface area contributed by atoms with E-state index in [1.54, 1.807) is 18.2 Å². The van der Waals surface area contributed by atoms with E-state index in [1.165, 1.54) is 14.2 Å². The van der Waals surface area contributed by atoms with Crippen LogP contribution in [0, 0.1) is 0 Å². The van der Waals surface area contributed by atoms with Crippen LogP contribution < -0.4 is 14.8 Å². The lowest BCUT2D eigenvalue weighted by Crippen LogP contribution is -2.25. The summed E-state index contributed by atoms with van der Waals surface area (Å²) in [5, 5.41) is 2.62. The van der Waals surface area contributed by atoms with Crippen molar-refractivity contribution in [1.29, 1.82) is 0 Å². The Morgan fingerprint density at radius 3 is 2.35 bits per heavy atom. The molecule has 0 spiro atoms. The fourth-order valence-corrected chi connectivity index (χ4v) is 1.41. The van der Waals surface area contributed by atoms with Crippen molar-refractivity contribution in [3.05, 3.63) is 23.8 Å². The van der Waals surface area contributed by atoms with Crippen LogP contribution in [0.25, 0.3) is 0 Å². The Balaban J connectivity index is 2.93. The van der Waals surface area contributed by atoms with Crippen LogP contribution in [0.5, 0.6) is 11.5 Å². The number of rotatable bonds is 6. The SMILES string of the molecule is COc1cccc(OC)c1C(=O)NCCC=O. The van der Waals surface area contributed by atoms with Crippen molar-refractivity contribution < 1.29 is 19.1 Å². The maximum Gasteiger partial charge on any atom is 0.258 e. The lowest BCUT2D eigenvalue weighted by molar-refractivity contribution is -0.107. The number of nitrogens with one attached hydrogen (secondary N) is 1. The average molecular weight is 237 g/mol. The Kier molecular flexibility index (Phi) is 5.00. The molecule has 0 saturated carbocycles. The molecule has 17 heavy (non-hydrogen) atoms.